The van der Waals surface area contributed by atoms with E-state index in [0.717, 1.165) is 11.3 Å². The van der Waals surface area contributed by atoms with E-state index in [-0.39, 0.29) is 34.7 Å². The second kappa shape index (κ2) is 8.27. The molecule has 1 unspecified atom stereocenters. The molecule has 2 atom stereocenters. The van der Waals surface area contributed by atoms with Crippen molar-refractivity contribution in [1.29, 1.82) is 0 Å². The number of piperazine rings is 1. The molecule has 13 heteroatoms. The number of nitrogens with zero attached hydrogens (tertiary/aromatic N) is 4. The van der Waals surface area contributed by atoms with Crippen LogP contribution in [0.2, 0.25) is 0 Å². The van der Waals surface area contributed by atoms with Crippen molar-refractivity contribution in [2.45, 2.75) is 36.0 Å². The Morgan fingerprint density at radius 1 is 1.23 bits per heavy atom. The van der Waals surface area contributed by atoms with E-state index in [1.54, 1.807) is 6.92 Å². The number of hydrogen-bond donors (Lipinski definition) is 2. The summed E-state index contributed by atoms with van der Waals surface area (Å²) in [5.74, 6) is 5.71. The summed E-state index contributed by atoms with van der Waals surface area (Å²) in [7, 11) is -3.89. The summed E-state index contributed by atoms with van der Waals surface area (Å²) in [6.45, 7) is 2.70. The van der Waals surface area contributed by atoms with Crippen LogP contribution < -0.4 is 10.6 Å². The average Bonchev–Trinajstić information content (AvgIpc) is 3.15. The second-order valence-electron chi connectivity index (χ2n) is 6.99. The molecule has 0 spiro atoms. The molecule has 8 nitrogen and oxygen atoms in total. The van der Waals surface area contributed by atoms with Gasteiger partial charge in [0.05, 0.1) is 0 Å². The van der Waals surface area contributed by atoms with Crippen LogP contribution in [0.25, 0.3) is 0 Å². The Kier molecular flexibility index (Phi) is 6.21. The lowest BCUT2D eigenvalue weighted by atomic mass is 9.95. The van der Waals surface area contributed by atoms with Gasteiger partial charge in [0.15, 0.2) is 5.60 Å². The Morgan fingerprint density at radius 2 is 1.87 bits per heavy atom. The summed E-state index contributed by atoms with van der Waals surface area (Å²) >= 11 is 0.767. The number of halogens is 3. The van der Waals surface area contributed by atoms with E-state index in [2.05, 4.69) is 22.0 Å². The van der Waals surface area contributed by atoms with E-state index in [4.69, 9.17) is 5.73 Å². The molecule has 1 aromatic carbocycles. The molecule has 31 heavy (non-hydrogen) atoms. The monoisotopic (exact) mass is 475 g/mol. The Hall–Kier alpha value is -2.40. The maximum absolute atomic E-state index is 13.1. The molecule has 1 aromatic heterocycles. The normalized spacial score (nSPS) is 20.1. The first-order valence-electron chi connectivity index (χ1n) is 9.05. The molecule has 2 heterocycles. The second-order valence-corrected chi connectivity index (χ2v) is 10.1. The molecular weight excluding hydrogens is 455 g/mol. The maximum atomic E-state index is 13.1. The van der Waals surface area contributed by atoms with Crippen molar-refractivity contribution in [2.24, 2.45) is 0 Å². The third-order valence-electron chi connectivity index (χ3n) is 4.95. The quantitative estimate of drug-likeness (QED) is 0.649. The third kappa shape index (κ3) is 4.47. The van der Waals surface area contributed by atoms with Gasteiger partial charge >= 0.3 is 6.18 Å². The van der Waals surface area contributed by atoms with Crippen molar-refractivity contribution in [3.8, 4) is 11.8 Å². The van der Waals surface area contributed by atoms with Gasteiger partial charge in [-0.05, 0) is 31.5 Å². The highest BCUT2D eigenvalue weighted by atomic mass is 32.2. The smallest absolute Gasteiger partial charge is 0.376 e. The minimum Gasteiger partial charge on any atom is -0.376 e. The molecule has 2 aromatic rings. The van der Waals surface area contributed by atoms with Crippen molar-refractivity contribution in [1.82, 2.24) is 14.5 Å². The van der Waals surface area contributed by atoms with Gasteiger partial charge in [-0.3, -0.25) is 0 Å². The summed E-state index contributed by atoms with van der Waals surface area (Å²) < 4.78 is 65.9. The molecule has 3 N–H and O–H groups in total. The first kappa shape index (κ1) is 23.3. The SMILES string of the molecule is CC#C[C@H]1CN(S(=O)(=O)c2nnc(N)s2)CCN1c1ccc(C(C)(O)C(F)(F)F)cc1. The molecule has 1 aliphatic heterocycles. The van der Waals surface area contributed by atoms with Crippen LogP contribution in [-0.2, 0) is 15.6 Å². The predicted octanol–water partition coefficient (Wildman–Crippen LogP) is 1.79. The number of benzene rings is 1. The number of alkyl halides is 3. The number of hydrogen-bond acceptors (Lipinski definition) is 8. The number of aliphatic hydroxyl groups is 1. The van der Waals surface area contributed by atoms with E-state index in [0.29, 0.717) is 12.6 Å². The Labute approximate surface area is 181 Å². The summed E-state index contributed by atoms with van der Waals surface area (Å²) in [5.41, 5.74) is 2.78. The summed E-state index contributed by atoms with van der Waals surface area (Å²) in [5, 5.41) is 17.0. The number of nitrogen functional groups attached to an aromatic ring is 1. The van der Waals surface area contributed by atoms with Gasteiger partial charge in [0.2, 0.25) is 9.47 Å². The first-order valence-corrected chi connectivity index (χ1v) is 11.3. The molecule has 0 aliphatic carbocycles. The van der Waals surface area contributed by atoms with Gasteiger partial charge in [0.1, 0.15) is 6.04 Å². The molecule has 0 saturated carbocycles. The van der Waals surface area contributed by atoms with Crippen molar-refractivity contribution in [3.63, 3.8) is 0 Å². The highest BCUT2D eigenvalue weighted by Gasteiger charge is 2.51. The van der Waals surface area contributed by atoms with Crippen LogP contribution in [-0.4, -0.2) is 59.9 Å². The fraction of sp³-hybridized carbons (Fsp3) is 0.444. The van der Waals surface area contributed by atoms with Gasteiger partial charge in [-0.2, -0.15) is 17.5 Å². The van der Waals surface area contributed by atoms with Gasteiger partial charge in [-0.25, -0.2) is 8.42 Å². The lowest BCUT2D eigenvalue weighted by Crippen LogP contribution is -2.54. The van der Waals surface area contributed by atoms with Crippen molar-refractivity contribution < 1.29 is 26.7 Å². The van der Waals surface area contributed by atoms with E-state index < -0.39 is 27.8 Å². The fourth-order valence-corrected chi connectivity index (χ4v) is 5.51. The Morgan fingerprint density at radius 3 is 2.39 bits per heavy atom. The summed E-state index contributed by atoms with van der Waals surface area (Å²) in [6.07, 6.45) is -4.82. The van der Waals surface area contributed by atoms with Crippen LogP contribution in [0, 0.1) is 11.8 Å². The van der Waals surface area contributed by atoms with E-state index in [9.17, 15) is 26.7 Å². The van der Waals surface area contributed by atoms with Crippen LogP contribution >= 0.6 is 11.3 Å². The van der Waals surface area contributed by atoms with E-state index in [1.807, 2.05) is 4.90 Å². The lowest BCUT2D eigenvalue weighted by Gasteiger charge is -2.39. The van der Waals surface area contributed by atoms with Crippen LogP contribution in [0.4, 0.5) is 24.0 Å². The number of anilines is 2. The minimum absolute atomic E-state index is 0.0324. The molecule has 3 rings (SSSR count). The predicted molar refractivity (Wildman–Crippen MR) is 110 cm³/mol. The topological polar surface area (TPSA) is 113 Å². The van der Waals surface area contributed by atoms with E-state index in [1.165, 1.54) is 28.6 Å². The minimum atomic E-state index is -4.82. The number of aromatic nitrogens is 2. The van der Waals surface area contributed by atoms with Crippen LogP contribution in [0.15, 0.2) is 28.6 Å². The number of rotatable bonds is 4. The number of nitrogens with two attached hydrogens (primary N) is 1. The largest absolute Gasteiger partial charge is 0.421 e. The van der Waals surface area contributed by atoms with Gasteiger partial charge in [-0.15, -0.1) is 16.1 Å². The summed E-state index contributed by atoms with van der Waals surface area (Å²) in [6, 6.07) is 4.77. The van der Waals surface area contributed by atoms with Crippen molar-refractivity contribution in [2.75, 3.05) is 30.3 Å². The molecule has 1 aliphatic rings. The Bertz CT molecular complexity index is 1100. The van der Waals surface area contributed by atoms with Crippen molar-refractivity contribution >= 4 is 32.2 Å². The first-order chi connectivity index (χ1) is 14.4. The van der Waals surface area contributed by atoms with Crippen LogP contribution in [0.1, 0.15) is 19.4 Å². The molecule has 0 amide bonds. The van der Waals surface area contributed by atoms with Crippen LogP contribution in [0.3, 0.4) is 0 Å². The van der Waals surface area contributed by atoms with Gasteiger partial charge in [0.25, 0.3) is 10.0 Å². The number of sulfonamides is 1. The lowest BCUT2D eigenvalue weighted by molar-refractivity contribution is -0.258. The summed E-state index contributed by atoms with van der Waals surface area (Å²) in [4.78, 5) is 1.81. The van der Waals surface area contributed by atoms with E-state index >= 15 is 0 Å². The fourth-order valence-electron chi connectivity index (χ4n) is 3.15. The average molecular weight is 476 g/mol. The highest BCUT2D eigenvalue weighted by molar-refractivity contribution is 7.91. The van der Waals surface area contributed by atoms with Gasteiger partial charge in [-0.1, -0.05) is 29.4 Å². The molecule has 0 radical (unpaired) electrons. The third-order valence-corrected chi connectivity index (χ3v) is 7.91. The zero-order valence-electron chi connectivity index (χ0n) is 16.6. The molecular formula is C18H20F3N5O3S2. The molecule has 0 bridgehead atoms. The molecule has 1 saturated heterocycles. The molecule has 1 fully saturated rings. The standard InChI is InChI=1S/C18H20F3N5O3S2/c1-3-4-14-11-25(31(28,29)16-24-23-15(22)30-16)9-10-26(14)13-7-5-12(6-8-13)17(2,27)18(19,20)21/h5-8,14,27H,9-11H2,1-2H3,(H2,22,23)/t14-,17?/m0/s1. The molecule has 168 valence electrons. The zero-order valence-corrected chi connectivity index (χ0v) is 18.2. The van der Waals surface area contributed by atoms with Crippen molar-refractivity contribution in [3.05, 3.63) is 29.8 Å². The van der Waals surface area contributed by atoms with Crippen LogP contribution in [0.5, 0.6) is 0 Å². The Balaban J connectivity index is 1.84. The van der Waals surface area contributed by atoms with Gasteiger partial charge < -0.3 is 15.7 Å². The zero-order chi connectivity index (χ0) is 23.0. The highest BCUT2D eigenvalue weighted by Crippen LogP contribution is 2.39. The van der Waals surface area contributed by atoms with Gasteiger partial charge in [0, 0.05) is 25.3 Å². The maximum Gasteiger partial charge on any atom is 0.421 e.